The maximum atomic E-state index is 12.5. The van der Waals surface area contributed by atoms with Crippen LogP contribution in [0.1, 0.15) is 44.1 Å². The van der Waals surface area contributed by atoms with E-state index in [1.165, 1.54) is 6.42 Å². The molecule has 0 bridgehead atoms. The van der Waals surface area contributed by atoms with E-state index in [4.69, 9.17) is 0 Å². The third-order valence-electron chi connectivity index (χ3n) is 5.15. The highest BCUT2D eigenvalue weighted by Gasteiger charge is 2.27. The molecule has 0 atom stereocenters. The Balaban J connectivity index is 1.37. The highest BCUT2D eigenvalue weighted by molar-refractivity contribution is 5.77. The summed E-state index contributed by atoms with van der Waals surface area (Å²) in [6.45, 7) is 3.27. The average Bonchev–Trinajstić information content (AvgIpc) is 2.68. The van der Waals surface area contributed by atoms with Crippen LogP contribution in [0, 0.1) is 0 Å². The standard InChI is InChI=1S/C19H28N4O2/c24-18(5-4-16-6-10-20-11-7-16)21-17-8-14-23(15-9-17)19(25)22-12-2-1-3-13-22/h6-7,10-11,17H,1-5,8-9,12-15H2,(H,21,24). The molecule has 1 N–H and O–H groups in total. The molecule has 136 valence electrons. The van der Waals surface area contributed by atoms with E-state index in [0.717, 1.165) is 63.8 Å². The number of aromatic nitrogens is 1. The maximum absolute atomic E-state index is 12.5. The zero-order chi connectivity index (χ0) is 17.5. The smallest absolute Gasteiger partial charge is 0.319 e. The molecule has 0 unspecified atom stereocenters. The van der Waals surface area contributed by atoms with Gasteiger partial charge in [-0.2, -0.15) is 0 Å². The predicted molar refractivity (Wildman–Crippen MR) is 96.1 cm³/mol. The van der Waals surface area contributed by atoms with Crippen molar-refractivity contribution in [2.24, 2.45) is 0 Å². The Bertz CT molecular complexity index is 564. The minimum Gasteiger partial charge on any atom is -0.353 e. The van der Waals surface area contributed by atoms with Gasteiger partial charge in [0.15, 0.2) is 0 Å². The van der Waals surface area contributed by atoms with Gasteiger partial charge in [0, 0.05) is 51.0 Å². The zero-order valence-electron chi connectivity index (χ0n) is 14.8. The van der Waals surface area contributed by atoms with Gasteiger partial charge in [-0.15, -0.1) is 0 Å². The van der Waals surface area contributed by atoms with Gasteiger partial charge in [-0.05, 0) is 56.2 Å². The molecule has 3 rings (SSSR count). The summed E-state index contributed by atoms with van der Waals surface area (Å²) in [5, 5.41) is 3.12. The Hall–Kier alpha value is -2.11. The second-order valence-corrected chi connectivity index (χ2v) is 7.01. The fraction of sp³-hybridized carbons (Fsp3) is 0.632. The Morgan fingerprint density at radius 2 is 1.64 bits per heavy atom. The molecular formula is C19H28N4O2. The van der Waals surface area contributed by atoms with Gasteiger partial charge in [0.2, 0.25) is 5.91 Å². The summed E-state index contributed by atoms with van der Waals surface area (Å²) in [5.41, 5.74) is 1.13. The molecule has 0 aliphatic carbocycles. The molecule has 6 nitrogen and oxygen atoms in total. The summed E-state index contributed by atoms with van der Waals surface area (Å²) >= 11 is 0. The highest BCUT2D eigenvalue weighted by atomic mass is 16.2. The second-order valence-electron chi connectivity index (χ2n) is 7.01. The van der Waals surface area contributed by atoms with Gasteiger partial charge < -0.3 is 15.1 Å². The number of pyridine rings is 1. The average molecular weight is 344 g/mol. The molecule has 0 aromatic carbocycles. The first-order valence-corrected chi connectivity index (χ1v) is 9.44. The van der Waals surface area contributed by atoms with Crippen molar-refractivity contribution in [1.29, 1.82) is 0 Å². The lowest BCUT2D eigenvalue weighted by Gasteiger charge is -2.37. The lowest BCUT2D eigenvalue weighted by atomic mass is 10.0. The van der Waals surface area contributed by atoms with Crippen LogP contribution in [0.25, 0.3) is 0 Å². The van der Waals surface area contributed by atoms with Gasteiger partial charge >= 0.3 is 6.03 Å². The van der Waals surface area contributed by atoms with Gasteiger partial charge in [0.25, 0.3) is 0 Å². The summed E-state index contributed by atoms with van der Waals surface area (Å²) in [5.74, 6) is 0.0950. The van der Waals surface area contributed by atoms with E-state index in [-0.39, 0.29) is 18.0 Å². The quantitative estimate of drug-likeness (QED) is 0.911. The summed E-state index contributed by atoms with van der Waals surface area (Å²) in [6, 6.07) is 4.26. The maximum Gasteiger partial charge on any atom is 0.319 e. The summed E-state index contributed by atoms with van der Waals surface area (Å²) < 4.78 is 0. The minimum absolute atomic E-state index is 0.0950. The fourth-order valence-corrected chi connectivity index (χ4v) is 3.61. The first-order chi connectivity index (χ1) is 12.2. The van der Waals surface area contributed by atoms with Crippen molar-refractivity contribution < 1.29 is 9.59 Å². The van der Waals surface area contributed by atoms with E-state index in [1.807, 2.05) is 21.9 Å². The predicted octanol–water partition coefficient (Wildman–Crippen LogP) is 2.20. The SMILES string of the molecule is O=C(CCc1ccncc1)NC1CCN(C(=O)N2CCCCC2)CC1. The second kappa shape index (κ2) is 8.83. The normalized spacial score (nSPS) is 18.9. The summed E-state index contributed by atoms with van der Waals surface area (Å²) in [7, 11) is 0. The number of rotatable bonds is 4. The molecule has 6 heteroatoms. The lowest BCUT2D eigenvalue weighted by molar-refractivity contribution is -0.122. The summed E-state index contributed by atoms with van der Waals surface area (Å²) in [6.07, 6.45) is 9.91. The van der Waals surface area contributed by atoms with Crippen molar-refractivity contribution in [3.8, 4) is 0 Å². The number of carbonyl (C=O) groups is 2. The van der Waals surface area contributed by atoms with Crippen LogP contribution >= 0.6 is 0 Å². The van der Waals surface area contributed by atoms with Gasteiger partial charge in [0.05, 0.1) is 0 Å². The molecule has 2 fully saturated rings. The Kier molecular flexibility index (Phi) is 6.25. The van der Waals surface area contributed by atoms with E-state index in [1.54, 1.807) is 12.4 Å². The van der Waals surface area contributed by atoms with Crippen molar-refractivity contribution in [1.82, 2.24) is 20.1 Å². The lowest BCUT2D eigenvalue weighted by Crippen LogP contribution is -2.51. The molecular weight excluding hydrogens is 316 g/mol. The molecule has 1 aromatic rings. The van der Waals surface area contributed by atoms with Crippen molar-refractivity contribution in [3.63, 3.8) is 0 Å². The number of amides is 3. The number of urea groups is 1. The fourth-order valence-electron chi connectivity index (χ4n) is 3.61. The van der Waals surface area contributed by atoms with E-state index < -0.39 is 0 Å². The van der Waals surface area contributed by atoms with Gasteiger partial charge in [0.1, 0.15) is 0 Å². The van der Waals surface area contributed by atoms with Crippen molar-refractivity contribution in [3.05, 3.63) is 30.1 Å². The first-order valence-electron chi connectivity index (χ1n) is 9.44. The molecule has 25 heavy (non-hydrogen) atoms. The zero-order valence-corrected chi connectivity index (χ0v) is 14.8. The molecule has 2 saturated heterocycles. The summed E-state index contributed by atoms with van der Waals surface area (Å²) in [4.78, 5) is 32.6. The van der Waals surface area contributed by atoms with Crippen LogP contribution in [0.2, 0.25) is 0 Å². The van der Waals surface area contributed by atoms with Crippen molar-refractivity contribution in [2.75, 3.05) is 26.2 Å². The van der Waals surface area contributed by atoms with Crippen LogP contribution in [0.15, 0.2) is 24.5 Å². The monoisotopic (exact) mass is 344 g/mol. The number of carbonyl (C=O) groups excluding carboxylic acids is 2. The Labute approximate surface area is 149 Å². The van der Waals surface area contributed by atoms with Crippen LogP contribution in [0.4, 0.5) is 4.79 Å². The molecule has 0 saturated carbocycles. The van der Waals surface area contributed by atoms with Crippen molar-refractivity contribution in [2.45, 2.75) is 51.0 Å². The minimum atomic E-state index is 0.0950. The van der Waals surface area contributed by atoms with Crippen LogP contribution < -0.4 is 5.32 Å². The van der Waals surface area contributed by atoms with E-state index in [2.05, 4.69) is 10.3 Å². The van der Waals surface area contributed by atoms with Crippen LogP contribution in [-0.4, -0.2) is 58.9 Å². The molecule has 3 heterocycles. The number of nitrogens with one attached hydrogen (secondary N) is 1. The molecule has 1 aromatic heterocycles. The molecule has 2 aliphatic rings. The Morgan fingerprint density at radius 1 is 1.00 bits per heavy atom. The number of nitrogens with zero attached hydrogens (tertiary/aromatic N) is 3. The van der Waals surface area contributed by atoms with Gasteiger partial charge in [-0.3, -0.25) is 9.78 Å². The van der Waals surface area contributed by atoms with Crippen LogP contribution in [0.5, 0.6) is 0 Å². The number of aryl methyl sites for hydroxylation is 1. The number of likely N-dealkylation sites (tertiary alicyclic amines) is 2. The first kappa shape index (κ1) is 17.7. The third kappa shape index (κ3) is 5.18. The van der Waals surface area contributed by atoms with Gasteiger partial charge in [-0.1, -0.05) is 0 Å². The number of hydrogen-bond donors (Lipinski definition) is 1. The third-order valence-corrected chi connectivity index (χ3v) is 5.15. The largest absolute Gasteiger partial charge is 0.353 e. The van der Waals surface area contributed by atoms with E-state index in [0.29, 0.717) is 6.42 Å². The molecule has 0 spiro atoms. The van der Waals surface area contributed by atoms with E-state index in [9.17, 15) is 9.59 Å². The molecule has 0 radical (unpaired) electrons. The van der Waals surface area contributed by atoms with Crippen molar-refractivity contribution >= 4 is 11.9 Å². The number of piperidine rings is 2. The van der Waals surface area contributed by atoms with Crippen LogP contribution in [0.3, 0.4) is 0 Å². The highest BCUT2D eigenvalue weighted by Crippen LogP contribution is 2.16. The van der Waals surface area contributed by atoms with Crippen LogP contribution in [-0.2, 0) is 11.2 Å². The van der Waals surface area contributed by atoms with E-state index >= 15 is 0 Å². The topological polar surface area (TPSA) is 65.5 Å². The Morgan fingerprint density at radius 3 is 2.32 bits per heavy atom. The molecule has 2 aliphatic heterocycles. The molecule has 3 amide bonds. The van der Waals surface area contributed by atoms with Gasteiger partial charge in [-0.25, -0.2) is 4.79 Å². The number of hydrogen-bond acceptors (Lipinski definition) is 3.